The predicted octanol–water partition coefficient (Wildman–Crippen LogP) is 3.40. The van der Waals surface area contributed by atoms with Crippen molar-refractivity contribution in [1.82, 2.24) is 14.9 Å². The maximum Gasteiger partial charge on any atom is 0.253 e. The summed E-state index contributed by atoms with van der Waals surface area (Å²) in [4.78, 5) is 28.6. The molecule has 0 aliphatic carbocycles. The quantitative estimate of drug-likeness (QED) is 0.607. The Morgan fingerprint density at radius 3 is 2.66 bits per heavy atom. The van der Waals surface area contributed by atoms with Crippen molar-refractivity contribution in [2.75, 3.05) is 13.7 Å². The lowest BCUT2D eigenvalue weighted by atomic mass is 10.1. The van der Waals surface area contributed by atoms with Gasteiger partial charge < -0.3 is 10.1 Å². The summed E-state index contributed by atoms with van der Waals surface area (Å²) in [6.45, 7) is 0.621. The van der Waals surface area contributed by atoms with Crippen LogP contribution in [-0.4, -0.2) is 29.1 Å². The fraction of sp³-hybridized carbons (Fsp3) is 0.136. The second-order valence-corrected chi connectivity index (χ2v) is 6.59. The summed E-state index contributed by atoms with van der Waals surface area (Å²) < 4.78 is 6.58. The second kappa shape index (κ2) is 9.71. The molecule has 1 amide bonds. The molecule has 0 bridgehead atoms. The maximum absolute atomic E-state index is 12.3. The summed E-state index contributed by atoms with van der Waals surface area (Å²) in [6, 6.07) is 16.0. The molecule has 148 valence electrons. The Morgan fingerprint density at radius 1 is 1.21 bits per heavy atom. The monoisotopic (exact) mass is 409 g/mol. The van der Waals surface area contributed by atoms with Crippen molar-refractivity contribution in [3.8, 4) is 17.0 Å². The molecule has 7 heteroatoms. The molecule has 0 unspecified atom stereocenters. The largest absolute Gasteiger partial charge is 0.497 e. The number of methoxy groups -OCH3 is 1. The summed E-state index contributed by atoms with van der Waals surface area (Å²) >= 11 is 6.05. The molecule has 0 aliphatic rings. The number of aromatic nitrogens is 2. The SMILES string of the molecule is COc1ccc(-c2cc(=O)n(CCNC(=O)/C=C/c3ccccc3Cl)cn2)cc1. The Labute approximate surface area is 173 Å². The molecular formula is C22H20ClN3O3. The first-order valence-electron chi connectivity index (χ1n) is 8.98. The molecule has 1 N–H and O–H groups in total. The molecule has 3 aromatic rings. The van der Waals surface area contributed by atoms with Crippen molar-refractivity contribution in [1.29, 1.82) is 0 Å². The van der Waals surface area contributed by atoms with Gasteiger partial charge in [-0.2, -0.15) is 0 Å². The number of rotatable bonds is 7. The van der Waals surface area contributed by atoms with Crippen LogP contribution in [0.15, 0.2) is 71.8 Å². The fourth-order valence-corrected chi connectivity index (χ4v) is 2.85. The summed E-state index contributed by atoms with van der Waals surface area (Å²) in [7, 11) is 1.60. The minimum absolute atomic E-state index is 0.188. The lowest BCUT2D eigenvalue weighted by Gasteiger charge is -2.07. The van der Waals surface area contributed by atoms with Crippen LogP contribution < -0.4 is 15.6 Å². The van der Waals surface area contributed by atoms with Crippen LogP contribution in [0, 0.1) is 0 Å². The maximum atomic E-state index is 12.3. The number of hydrogen-bond acceptors (Lipinski definition) is 4. The minimum Gasteiger partial charge on any atom is -0.497 e. The molecule has 29 heavy (non-hydrogen) atoms. The number of benzene rings is 2. The molecule has 0 spiro atoms. The lowest BCUT2D eigenvalue weighted by molar-refractivity contribution is -0.116. The van der Waals surface area contributed by atoms with Gasteiger partial charge in [0.2, 0.25) is 5.91 Å². The van der Waals surface area contributed by atoms with Gasteiger partial charge in [0.15, 0.2) is 0 Å². The summed E-state index contributed by atoms with van der Waals surface area (Å²) in [6.07, 6.45) is 4.54. The normalized spacial score (nSPS) is 10.8. The number of amides is 1. The average Bonchev–Trinajstić information content (AvgIpc) is 2.74. The molecule has 0 saturated carbocycles. The zero-order valence-electron chi connectivity index (χ0n) is 15.8. The number of carbonyl (C=O) groups is 1. The smallest absolute Gasteiger partial charge is 0.253 e. The van der Waals surface area contributed by atoms with Crippen LogP contribution in [0.3, 0.4) is 0 Å². The van der Waals surface area contributed by atoms with Crippen LogP contribution in [0.1, 0.15) is 5.56 Å². The summed E-state index contributed by atoms with van der Waals surface area (Å²) in [5, 5.41) is 3.31. The van der Waals surface area contributed by atoms with E-state index in [1.54, 1.807) is 19.3 Å². The first-order valence-corrected chi connectivity index (χ1v) is 9.36. The molecule has 0 fully saturated rings. The van der Waals surface area contributed by atoms with E-state index in [-0.39, 0.29) is 11.5 Å². The van der Waals surface area contributed by atoms with Crippen LogP contribution in [0.2, 0.25) is 5.02 Å². The standard InChI is InChI=1S/C22H20ClN3O3/c1-29-18-9-6-17(7-10-18)20-14-22(28)26(15-25-20)13-12-24-21(27)11-8-16-4-2-3-5-19(16)23/h2-11,14-15H,12-13H2,1H3,(H,24,27)/b11-8+. The van der Waals surface area contributed by atoms with Crippen molar-refractivity contribution < 1.29 is 9.53 Å². The average molecular weight is 410 g/mol. The third kappa shape index (κ3) is 5.56. The van der Waals surface area contributed by atoms with E-state index >= 15 is 0 Å². The Bertz CT molecular complexity index is 1080. The zero-order chi connectivity index (χ0) is 20.6. The van der Waals surface area contributed by atoms with E-state index in [9.17, 15) is 9.59 Å². The number of nitrogens with zero attached hydrogens (tertiary/aromatic N) is 2. The summed E-state index contributed by atoms with van der Waals surface area (Å²) in [5.74, 6) is 0.474. The molecule has 0 aliphatic heterocycles. The van der Waals surface area contributed by atoms with Gasteiger partial charge in [0.1, 0.15) is 5.75 Å². The van der Waals surface area contributed by atoms with Crippen molar-refractivity contribution >= 4 is 23.6 Å². The lowest BCUT2D eigenvalue weighted by Crippen LogP contribution is -2.29. The van der Waals surface area contributed by atoms with Crippen molar-refractivity contribution in [3.63, 3.8) is 0 Å². The molecule has 1 aromatic heterocycles. The second-order valence-electron chi connectivity index (χ2n) is 6.18. The van der Waals surface area contributed by atoms with E-state index in [0.29, 0.717) is 23.8 Å². The number of carbonyl (C=O) groups excluding carboxylic acids is 1. The first-order chi connectivity index (χ1) is 14.1. The van der Waals surface area contributed by atoms with E-state index in [4.69, 9.17) is 16.3 Å². The number of hydrogen-bond donors (Lipinski definition) is 1. The van der Waals surface area contributed by atoms with Gasteiger partial charge in [0, 0.05) is 35.8 Å². The highest BCUT2D eigenvalue weighted by Gasteiger charge is 2.04. The van der Waals surface area contributed by atoms with E-state index in [2.05, 4.69) is 10.3 Å². The van der Waals surface area contributed by atoms with E-state index in [0.717, 1.165) is 16.9 Å². The van der Waals surface area contributed by atoms with Gasteiger partial charge in [-0.15, -0.1) is 0 Å². The zero-order valence-corrected chi connectivity index (χ0v) is 16.6. The van der Waals surface area contributed by atoms with Crippen LogP contribution in [-0.2, 0) is 11.3 Å². The van der Waals surface area contributed by atoms with E-state index < -0.39 is 0 Å². The minimum atomic E-state index is -0.263. The van der Waals surface area contributed by atoms with Crippen LogP contribution >= 0.6 is 11.6 Å². The Kier molecular flexibility index (Phi) is 6.81. The first kappa shape index (κ1) is 20.4. The molecule has 0 saturated heterocycles. The highest BCUT2D eigenvalue weighted by atomic mass is 35.5. The fourth-order valence-electron chi connectivity index (χ4n) is 2.65. The van der Waals surface area contributed by atoms with Gasteiger partial charge in [0.05, 0.1) is 19.1 Å². The van der Waals surface area contributed by atoms with Crippen LogP contribution in [0.25, 0.3) is 17.3 Å². The van der Waals surface area contributed by atoms with Gasteiger partial charge in [-0.05, 0) is 42.0 Å². The third-order valence-electron chi connectivity index (χ3n) is 4.24. The molecular weight excluding hydrogens is 390 g/mol. The van der Waals surface area contributed by atoms with Gasteiger partial charge >= 0.3 is 0 Å². The molecule has 3 rings (SSSR count). The van der Waals surface area contributed by atoms with Gasteiger partial charge in [-0.1, -0.05) is 29.8 Å². The van der Waals surface area contributed by atoms with Gasteiger partial charge in [-0.3, -0.25) is 14.2 Å². The number of ether oxygens (including phenoxy) is 1. The van der Waals surface area contributed by atoms with E-state index in [1.807, 2.05) is 42.5 Å². The van der Waals surface area contributed by atoms with E-state index in [1.165, 1.54) is 23.0 Å². The molecule has 6 nitrogen and oxygen atoms in total. The third-order valence-corrected chi connectivity index (χ3v) is 4.58. The molecule has 0 atom stereocenters. The Balaban J connectivity index is 1.56. The van der Waals surface area contributed by atoms with Crippen LogP contribution in [0.5, 0.6) is 5.75 Å². The molecule has 1 heterocycles. The van der Waals surface area contributed by atoms with Crippen LogP contribution in [0.4, 0.5) is 0 Å². The molecule has 2 aromatic carbocycles. The van der Waals surface area contributed by atoms with Gasteiger partial charge in [-0.25, -0.2) is 4.98 Å². The number of nitrogens with one attached hydrogen (secondary N) is 1. The Hall–Kier alpha value is -3.38. The van der Waals surface area contributed by atoms with Crippen molar-refractivity contribution in [3.05, 3.63) is 87.9 Å². The topological polar surface area (TPSA) is 73.2 Å². The molecule has 0 radical (unpaired) electrons. The summed E-state index contributed by atoms with van der Waals surface area (Å²) in [5.41, 5.74) is 1.99. The number of halogens is 1. The van der Waals surface area contributed by atoms with Crippen molar-refractivity contribution in [2.24, 2.45) is 0 Å². The van der Waals surface area contributed by atoms with Gasteiger partial charge in [0.25, 0.3) is 5.56 Å². The highest BCUT2D eigenvalue weighted by Crippen LogP contribution is 2.19. The predicted molar refractivity (Wildman–Crippen MR) is 114 cm³/mol. The van der Waals surface area contributed by atoms with Crippen molar-refractivity contribution in [2.45, 2.75) is 6.54 Å². The Morgan fingerprint density at radius 2 is 1.97 bits per heavy atom. The highest BCUT2D eigenvalue weighted by molar-refractivity contribution is 6.32.